The molecule has 0 saturated heterocycles. The SMILES string of the molecule is CCC(C)(C)c1ccc(Oc2c(C(F)(F)F)oc3cc(OCC(=O)O)ccc3c2=O)cc1. The van der Waals surface area contributed by atoms with Gasteiger partial charge in [0.25, 0.3) is 5.76 Å². The molecule has 3 aromatic rings. The van der Waals surface area contributed by atoms with Crippen molar-refractivity contribution < 1.29 is 37.0 Å². The highest BCUT2D eigenvalue weighted by Crippen LogP contribution is 2.39. The predicted molar refractivity (Wildman–Crippen MR) is 110 cm³/mol. The molecule has 0 spiro atoms. The van der Waals surface area contributed by atoms with Crippen LogP contribution in [0.3, 0.4) is 0 Å². The number of halogens is 3. The normalized spacial score (nSPS) is 12.1. The highest BCUT2D eigenvalue weighted by atomic mass is 19.4. The Kier molecular flexibility index (Phi) is 6.20. The number of ether oxygens (including phenoxy) is 2. The lowest BCUT2D eigenvalue weighted by Crippen LogP contribution is -2.16. The zero-order valence-electron chi connectivity index (χ0n) is 17.6. The highest BCUT2D eigenvalue weighted by molar-refractivity contribution is 5.80. The number of carbonyl (C=O) groups is 1. The van der Waals surface area contributed by atoms with Crippen molar-refractivity contribution in [2.24, 2.45) is 0 Å². The van der Waals surface area contributed by atoms with E-state index in [9.17, 15) is 22.8 Å². The summed E-state index contributed by atoms with van der Waals surface area (Å²) in [5, 5.41) is 8.50. The summed E-state index contributed by atoms with van der Waals surface area (Å²) >= 11 is 0. The summed E-state index contributed by atoms with van der Waals surface area (Å²) in [6.07, 6.45) is -4.15. The monoisotopic (exact) mass is 450 g/mol. The number of rotatable bonds is 7. The molecule has 0 saturated carbocycles. The molecule has 32 heavy (non-hydrogen) atoms. The maximum absolute atomic E-state index is 13.7. The Morgan fingerprint density at radius 2 is 1.69 bits per heavy atom. The minimum atomic E-state index is -5.01. The third kappa shape index (κ3) is 4.87. The molecule has 0 unspecified atom stereocenters. The smallest absolute Gasteiger partial charge is 0.453 e. The Balaban J connectivity index is 2.05. The minimum absolute atomic E-state index is 0.0548. The Morgan fingerprint density at radius 3 is 2.25 bits per heavy atom. The van der Waals surface area contributed by atoms with Gasteiger partial charge >= 0.3 is 12.1 Å². The van der Waals surface area contributed by atoms with Gasteiger partial charge in [0.15, 0.2) is 6.61 Å². The molecule has 0 radical (unpaired) electrons. The summed E-state index contributed by atoms with van der Waals surface area (Å²) in [6, 6.07) is 9.96. The van der Waals surface area contributed by atoms with Gasteiger partial charge in [0.2, 0.25) is 11.2 Å². The van der Waals surface area contributed by atoms with E-state index < -0.39 is 41.3 Å². The fraction of sp³-hybridized carbons (Fsp3) is 0.304. The van der Waals surface area contributed by atoms with Crippen LogP contribution < -0.4 is 14.9 Å². The van der Waals surface area contributed by atoms with Crippen molar-refractivity contribution in [3.05, 3.63) is 64.0 Å². The average molecular weight is 450 g/mol. The van der Waals surface area contributed by atoms with E-state index in [0.29, 0.717) is 0 Å². The largest absolute Gasteiger partial charge is 0.482 e. The predicted octanol–water partition coefficient (Wildman–Crippen LogP) is 5.76. The quantitative estimate of drug-likeness (QED) is 0.493. The lowest BCUT2D eigenvalue weighted by atomic mass is 9.82. The van der Waals surface area contributed by atoms with E-state index in [1.165, 1.54) is 24.3 Å². The summed E-state index contributed by atoms with van der Waals surface area (Å²) in [4.78, 5) is 23.5. The first-order chi connectivity index (χ1) is 14.9. The van der Waals surface area contributed by atoms with Crippen LogP contribution in [0.1, 0.15) is 38.5 Å². The number of fused-ring (bicyclic) bond motifs is 1. The minimum Gasteiger partial charge on any atom is -0.482 e. The molecule has 0 aliphatic rings. The van der Waals surface area contributed by atoms with E-state index in [1.54, 1.807) is 12.1 Å². The number of carboxylic acid groups (broad SMARTS) is 1. The fourth-order valence-electron chi connectivity index (χ4n) is 2.97. The molecule has 1 aromatic heterocycles. The van der Waals surface area contributed by atoms with Gasteiger partial charge in [-0.25, -0.2) is 4.79 Å². The zero-order valence-corrected chi connectivity index (χ0v) is 17.6. The molecule has 0 aliphatic heterocycles. The fourth-order valence-corrected chi connectivity index (χ4v) is 2.97. The number of hydrogen-bond donors (Lipinski definition) is 1. The Morgan fingerprint density at radius 1 is 1.06 bits per heavy atom. The molecule has 9 heteroatoms. The lowest BCUT2D eigenvalue weighted by molar-refractivity contribution is -0.154. The second-order valence-corrected chi connectivity index (χ2v) is 7.79. The number of carboxylic acids is 1. The zero-order chi connectivity index (χ0) is 23.7. The maximum Gasteiger partial charge on any atom is 0.453 e. The summed E-state index contributed by atoms with van der Waals surface area (Å²) in [7, 11) is 0. The van der Waals surface area contributed by atoms with Gasteiger partial charge in [-0.1, -0.05) is 32.9 Å². The lowest BCUT2D eigenvalue weighted by Gasteiger charge is -2.23. The number of benzene rings is 2. The van der Waals surface area contributed by atoms with Gasteiger partial charge in [-0.05, 0) is 41.7 Å². The Hall–Kier alpha value is -3.49. The van der Waals surface area contributed by atoms with Crippen molar-refractivity contribution >= 4 is 16.9 Å². The van der Waals surface area contributed by atoms with Crippen LogP contribution in [0, 0.1) is 0 Å². The molecule has 2 aromatic carbocycles. The van der Waals surface area contributed by atoms with Gasteiger partial charge in [0.05, 0.1) is 5.39 Å². The summed E-state index contributed by atoms with van der Waals surface area (Å²) in [5.74, 6) is -3.84. The van der Waals surface area contributed by atoms with Crippen LogP contribution in [0.15, 0.2) is 51.7 Å². The van der Waals surface area contributed by atoms with Crippen molar-refractivity contribution in [2.75, 3.05) is 6.61 Å². The molecule has 1 N–H and O–H groups in total. The average Bonchev–Trinajstić information content (AvgIpc) is 2.73. The van der Waals surface area contributed by atoms with Crippen LogP contribution in [0.2, 0.25) is 0 Å². The van der Waals surface area contributed by atoms with E-state index in [-0.39, 0.29) is 22.3 Å². The maximum atomic E-state index is 13.7. The van der Waals surface area contributed by atoms with E-state index in [2.05, 4.69) is 0 Å². The van der Waals surface area contributed by atoms with Gasteiger partial charge in [0, 0.05) is 6.07 Å². The van der Waals surface area contributed by atoms with Gasteiger partial charge in [0.1, 0.15) is 17.1 Å². The van der Waals surface area contributed by atoms with Crippen LogP contribution in [-0.2, 0) is 16.4 Å². The van der Waals surface area contributed by atoms with Crippen LogP contribution in [0.5, 0.6) is 17.2 Å². The molecule has 0 bridgehead atoms. The molecule has 0 fully saturated rings. The number of hydrogen-bond acceptors (Lipinski definition) is 5. The molecule has 3 rings (SSSR count). The van der Waals surface area contributed by atoms with Crippen molar-refractivity contribution in [3.63, 3.8) is 0 Å². The highest BCUT2D eigenvalue weighted by Gasteiger charge is 2.40. The van der Waals surface area contributed by atoms with Gasteiger partial charge in [-0.2, -0.15) is 13.2 Å². The summed E-state index contributed by atoms with van der Waals surface area (Å²) in [5.41, 5.74) is -0.570. The molecular formula is C23H21F3O6. The molecule has 0 amide bonds. The third-order valence-electron chi connectivity index (χ3n) is 5.18. The first-order valence-corrected chi connectivity index (χ1v) is 9.73. The molecule has 6 nitrogen and oxygen atoms in total. The van der Waals surface area contributed by atoms with Gasteiger partial charge in [-0.3, -0.25) is 4.79 Å². The Bertz CT molecular complexity index is 1190. The first-order valence-electron chi connectivity index (χ1n) is 9.73. The summed E-state index contributed by atoms with van der Waals surface area (Å²) in [6.45, 7) is 5.40. The van der Waals surface area contributed by atoms with Crippen molar-refractivity contribution in [3.8, 4) is 17.2 Å². The Labute approximate surface area is 181 Å². The van der Waals surface area contributed by atoms with E-state index >= 15 is 0 Å². The third-order valence-corrected chi connectivity index (χ3v) is 5.18. The molecule has 170 valence electrons. The second-order valence-electron chi connectivity index (χ2n) is 7.79. The van der Waals surface area contributed by atoms with Crippen molar-refractivity contribution in [1.82, 2.24) is 0 Å². The molecule has 1 heterocycles. The van der Waals surface area contributed by atoms with Crippen molar-refractivity contribution in [1.29, 1.82) is 0 Å². The number of alkyl halides is 3. The van der Waals surface area contributed by atoms with Crippen LogP contribution in [-0.4, -0.2) is 17.7 Å². The second kappa shape index (κ2) is 8.57. The van der Waals surface area contributed by atoms with Gasteiger partial charge < -0.3 is 19.0 Å². The van der Waals surface area contributed by atoms with Crippen LogP contribution >= 0.6 is 0 Å². The van der Waals surface area contributed by atoms with Crippen LogP contribution in [0.4, 0.5) is 13.2 Å². The van der Waals surface area contributed by atoms with E-state index in [1.807, 2.05) is 20.8 Å². The topological polar surface area (TPSA) is 86.0 Å². The summed E-state index contributed by atoms with van der Waals surface area (Å²) < 4.78 is 56.2. The molecule has 0 atom stereocenters. The van der Waals surface area contributed by atoms with Crippen molar-refractivity contribution in [2.45, 2.75) is 38.8 Å². The number of aliphatic carboxylic acids is 1. The van der Waals surface area contributed by atoms with Crippen LogP contribution in [0.25, 0.3) is 11.0 Å². The first kappa shape index (κ1) is 23.2. The van der Waals surface area contributed by atoms with E-state index in [4.69, 9.17) is 19.0 Å². The molecule has 0 aliphatic carbocycles. The van der Waals surface area contributed by atoms with E-state index in [0.717, 1.165) is 18.1 Å². The standard InChI is InChI=1S/C23H21F3O6/c1-4-22(2,3)13-5-7-14(8-6-13)31-20-19(29)16-10-9-15(30-12-18(27)28)11-17(16)32-21(20)23(24,25)26/h5-11H,4,12H2,1-3H3,(H,27,28). The molecular weight excluding hydrogens is 429 g/mol. The van der Waals surface area contributed by atoms with Gasteiger partial charge in [-0.15, -0.1) is 0 Å².